The maximum Gasteiger partial charge on any atom is 0.160 e. The lowest BCUT2D eigenvalue weighted by Gasteiger charge is -2.27. The van der Waals surface area contributed by atoms with Gasteiger partial charge in [0.25, 0.3) is 0 Å². The molecule has 0 fully saturated rings. The Morgan fingerprint density at radius 3 is 1.94 bits per heavy atom. The molecule has 0 N–H and O–H groups in total. The molecule has 12 aromatic rings. The van der Waals surface area contributed by atoms with Crippen LogP contribution in [0.3, 0.4) is 0 Å². The third-order valence-electron chi connectivity index (χ3n) is 12.6. The molecule has 9 aromatic carbocycles. The molecule has 0 aliphatic heterocycles. The zero-order valence-corrected chi connectivity index (χ0v) is 34.7. The molecule has 3 heterocycles. The molecule has 0 radical (unpaired) electrons. The number of para-hydroxylation sites is 3. The fourth-order valence-corrected chi connectivity index (χ4v) is 9.80. The zero-order valence-electron chi connectivity index (χ0n) is 34.7. The molecule has 0 aliphatic carbocycles. The second-order valence-corrected chi connectivity index (χ2v) is 16.2. The number of furan rings is 1. The Bertz CT molecular complexity index is 3810. The number of anilines is 3. The molecule has 0 aliphatic rings. The van der Waals surface area contributed by atoms with Crippen molar-refractivity contribution in [1.82, 2.24) is 9.13 Å². The SMILES string of the molecule is C=C/C=C\C=C(/C)n1c2ccccc2c2ccc(-n3c4ccccc4c4c(N(c5ccccc5)c5ccc(-c6ccccc6)cc5)cc5c6ccc7ccccc7c6oc5c43)cc21. The van der Waals surface area contributed by atoms with E-state index in [1.54, 1.807) is 0 Å². The van der Waals surface area contributed by atoms with Gasteiger partial charge in [-0.05, 0) is 90.2 Å². The van der Waals surface area contributed by atoms with E-state index in [0.717, 1.165) is 88.5 Å². The molecule has 4 nitrogen and oxygen atoms in total. The normalized spacial score (nSPS) is 12.3. The van der Waals surface area contributed by atoms with Gasteiger partial charge in [0, 0.05) is 60.5 Å². The first-order valence-corrected chi connectivity index (χ1v) is 21.5. The average molecular weight is 808 g/mol. The van der Waals surface area contributed by atoms with E-state index >= 15 is 0 Å². The molecule has 0 saturated heterocycles. The monoisotopic (exact) mass is 807 g/mol. The smallest absolute Gasteiger partial charge is 0.160 e. The standard InChI is InChI=1S/C59H41N3O/c1-3-4-7-18-39(2)60-52-27-16-14-25-47(52)48-36-34-45(37-54(48)60)62-53-28-17-15-26-50(53)56-55(38-51-49-35-31-42-21-12-13-24-46(42)58(49)63-59(51)57(56)62)61(43-22-10-6-11-23-43)44-32-29-41(30-33-44)40-19-8-5-9-20-40/h3-38H,1H2,2H3/b7-4-,39-18+. The Morgan fingerprint density at radius 1 is 0.508 bits per heavy atom. The predicted molar refractivity (Wildman–Crippen MR) is 268 cm³/mol. The quantitative estimate of drug-likeness (QED) is 0.143. The van der Waals surface area contributed by atoms with E-state index in [-0.39, 0.29) is 0 Å². The van der Waals surface area contributed by atoms with Crippen LogP contribution >= 0.6 is 0 Å². The summed E-state index contributed by atoms with van der Waals surface area (Å²) in [6.07, 6.45) is 7.98. The minimum atomic E-state index is 0.856. The molecule has 3 aromatic heterocycles. The number of benzene rings is 9. The highest BCUT2D eigenvalue weighted by molar-refractivity contribution is 6.28. The van der Waals surface area contributed by atoms with E-state index in [4.69, 9.17) is 4.42 Å². The third-order valence-corrected chi connectivity index (χ3v) is 12.6. The first-order chi connectivity index (χ1) is 31.2. The Labute approximate surface area is 364 Å². The van der Waals surface area contributed by atoms with E-state index < -0.39 is 0 Å². The van der Waals surface area contributed by atoms with E-state index in [1.165, 1.54) is 27.4 Å². The van der Waals surface area contributed by atoms with Crippen molar-refractivity contribution in [3.8, 4) is 16.8 Å². The molecule has 4 heteroatoms. The number of aromatic nitrogens is 2. The minimum Gasteiger partial charge on any atom is -0.453 e. The van der Waals surface area contributed by atoms with Crippen molar-refractivity contribution in [2.75, 3.05) is 4.90 Å². The van der Waals surface area contributed by atoms with E-state index in [1.807, 2.05) is 12.2 Å². The summed E-state index contributed by atoms with van der Waals surface area (Å²) < 4.78 is 12.1. The van der Waals surface area contributed by atoms with Crippen LogP contribution in [0.2, 0.25) is 0 Å². The van der Waals surface area contributed by atoms with Gasteiger partial charge in [0.15, 0.2) is 5.58 Å². The highest BCUT2D eigenvalue weighted by atomic mass is 16.3. The number of rotatable bonds is 8. The second kappa shape index (κ2) is 14.7. The highest BCUT2D eigenvalue weighted by Crippen LogP contribution is 2.50. The molecule has 0 spiro atoms. The van der Waals surface area contributed by atoms with Gasteiger partial charge in [-0.15, -0.1) is 0 Å². The summed E-state index contributed by atoms with van der Waals surface area (Å²) in [7, 11) is 0. The van der Waals surface area contributed by atoms with Crippen LogP contribution in [0.25, 0.3) is 98.8 Å². The number of allylic oxidation sites excluding steroid dienone is 5. The number of hydrogen-bond donors (Lipinski definition) is 0. The summed E-state index contributed by atoms with van der Waals surface area (Å²) in [5.74, 6) is 0. The van der Waals surface area contributed by atoms with Gasteiger partial charge in [0.1, 0.15) is 5.58 Å². The Kier molecular flexibility index (Phi) is 8.51. The van der Waals surface area contributed by atoms with Crippen LogP contribution in [0.4, 0.5) is 17.1 Å². The van der Waals surface area contributed by atoms with Crippen molar-refractivity contribution in [3.63, 3.8) is 0 Å². The van der Waals surface area contributed by atoms with E-state index in [9.17, 15) is 0 Å². The maximum atomic E-state index is 7.26. The summed E-state index contributed by atoms with van der Waals surface area (Å²) in [6.45, 7) is 6.06. The minimum absolute atomic E-state index is 0.856. The second-order valence-electron chi connectivity index (χ2n) is 16.2. The summed E-state index contributed by atoms with van der Waals surface area (Å²) >= 11 is 0. The molecule has 0 atom stereocenters. The van der Waals surface area contributed by atoms with Crippen molar-refractivity contribution < 1.29 is 4.42 Å². The van der Waals surface area contributed by atoms with Crippen molar-refractivity contribution in [2.45, 2.75) is 6.92 Å². The van der Waals surface area contributed by atoms with Gasteiger partial charge in [-0.1, -0.05) is 158 Å². The Morgan fingerprint density at radius 2 is 1.14 bits per heavy atom. The highest BCUT2D eigenvalue weighted by Gasteiger charge is 2.27. The van der Waals surface area contributed by atoms with Crippen LogP contribution in [0.15, 0.2) is 229 Å². The van der Waals surface area contributed by atoms with Gasteiger partial charge >= 0.3 is 0 Å². The van der Waals surface area contributed by atoms with Crippen LogP contribution in [0, 0.1) is 0 Å². The van der Waals surface area contributed by atoms with Gasteiger partial charge < -0.3 is 18.5 Å². The van der Waals surface area contributed by atoms with Gasteiger partial charge in [-0.2, -0.15) is 0 Å². The van der Waals surface area contributed by atoms with Crippen LogP contribution < -0.4 is 4.90 Å². The molecule has 0 saturated carbocycles. The van der Waals surface area contributed by atoms with Gasteiger partial charge in [0.2, 0.25) is 0 Å². The van der Waals surface area contributed by atoms with Crippen molar-refractivity contribution in [3.05, 3.63) is 225 Å². The molecule has 0 bridgehead atoms. The molecular formula is C59H41N3O. The van der Waals surface area contributed by atoms with Crippen LogP contribution in [-0.4, -0.2) is 9.13 Å². The fraction of sp³-hybridized carbons (Fsp3) is 0.0169. The third kappa shape index (κ3) is 5.76. The zero-order chi connectivity index (χ0) is 42.0. The van der Waals surface area contributed by atoms with Crippen LogP contribution in [-0.2, 0) is 0 Å². The lowest BCUT2D eigenvalue weighted by molar-refractivity contribution is 0.675. The first kappa shape index (κ1) is 36.5. The summed E-state index contributed by atoms with van der Waals surface area (Å²) in [6, 6.07) is 70.0. The Balaban J connectivity index is 1.22. The lowest BCUT2D eigenvalue weighted by atomic mass is 10.0. The molecular weight excluding hydrogens is 767 g/mol. The van der Waals surface area contributed by atoms with Gasteiger partial charge in [-0.25, -0.2) is 0 Å². The molecule has 63 heavy (non-hydrogen) atoms. The maximum absolute atomic E-state index is 7.26. The summed E-state index contributed by atoms with van der Waals surface area (Å²) in [5, 5.41) is 9.06. The topological polar surface area (TPSA) is 26.2 Å². The van der Waals surface area contributed by atoms with Crippen molar-refractivity contribution in [1.29, 1.82) is 0 Å². The summed E-state index contributed by atoms with van der Waals surface area (Å²) in [5.41, 5.74) is 13.9. The lowest BCUT2D eigenvalue weighted by Crippen LogP contribution is -2.10. The van der Waals surface area contributed by atoms with E-state index in [0.29, 0.717) is 0 Å². The molecule has 12 rings (SSSR count). The van der Waals surface area contributed by atoms with Crippen molar-refractivity contribution >= 4 is 99.1 Å². The van der Waals surface area contributed by atoms with Crippen LogP contribution in [0.5, 0.6) is 0 Å². The number of fused-ring (bicyclic) bond motifs is 12. The largest absolute Gasteiger partial charge is 0.453 e. The molecule has 0 unspecified atom stereocenters. The molecule has 0 amide bonds. The molecule has 298 valence electrons. The predicted octanol–water partition coefficient (Wildman–Crippen LogP) is 16.7. The van der Waals surface area contributed by atoms with Gasteiger partial charge in [0.05, 0.1) is 27.8 Å². The fourth-order valence-electron chi connectivity index (χ4n) is 9.80. The van der Waals surface area contributed by atoms with Gasteiger partial charge in [-0.3, -0.25) is 0 Å². The van der Waals surface area contributed by atoms with Crippen LogP contribution in [0.1, 0.15) is 6.92 Å². The number of nitrogens with zero attached hydrogens (tertiary/aromatic N) is 3. The average Bonchev–Trinajstić information content (AvgIpc) is 4.01. The number of hydrogen-bond acceptors (Lipinski definition) is 2. The Hall–Kier alpha value is -8.34. The summed E-state index contributed by atoms with van der Waals surface area (Å²) in [4.78, 5) is 2.42. The first-order valence-electron chi connectivity index (χ1n) is 21.5. The van der Waals surface area contributed by atoms with E-state index in [2.05, 4.69) is 234 Å². The van der Waals surface area contributed by atoms with Crippen molar-refractivity contribution in [2.24, 2.45) is 0 Å².